The van der Waals surface area contributed by atoms with Gasteiger partial charge in [-0.25, -0.2) is 4.98 Å². The smallest absolute Gasteiger partial charge is 0.126 e. The van der Waals surface area contributed by atoms with E-state index in [0.29, 0.717) is 0 Å². The average molecular weight is 694 g/mol. The standard InChI is InChI=1S/C49H31N3S/c1-2-15-36(16-3-1)51-43-21-8-4-17-37(43)40-30-34(25-27-46(40)51)32-13-12-14-33(29-32)35-26-28-47-41(31-35)38-18-5-9-22-44(38)52(47)45-23-10-6-19-39(45)49-50-42-20-7-11-24-48(42)53-49/h1-31H. The van der Waals surface area contributed by atoms with Gasteiger partial charge in [-0.15, -0.1) is 11.3 Å². The second-order valence-electron chi connectivity index (χ2n) is 13.6. The fourth-order valence-electron chi connectivity index (χ4n) is 8.13. The van der Waals surface area contributed by atoms with Crippen molar-refractivity contribution in [2.24, 2.45) is 0 Å². The molecule has 0 radical (unpaired) electrons. The summed E-state index contributed by atoms with van der Waals surface area (Å²) in [6, 6.07) is 68.0. The Bertz CT molecular complexity index is 3150. The van der Waals surface area contributed by atoms with E-state index in [4.69, 9.17) is 4.98 Å². The summed E-state index contributed by atoms with van der Waals surface area (Å²) in [6.45, 7) is 0. The van der Waals surface area contributed by atoms with E-state index in [9.17, 15) is 0 Å². The van der Waals surface area contributed by atoms with Crippen LogP contribution < -0.4 is 0 Å². The summed E-state index contributed by atoms with van der Waals surface area (Å²) in [6.07, 6.45) is 0. The summed E-state index contributed by atoms with van der Waals surface area (Å²) >= 11 is 1.75. The molecule has 0 aliphatic heterocycles. The van der Waals surface area contributed by atoms with E-state index in [1.54, 1.807) is 11.3 Å². The molecule has 0 saturated carbocycles. The van der Waals surface area contributed by atoms with Crippen molar-refractivity contribution < 1.29 is 0 Å². The molecule has 0 bridgehead atoms. The van der Waals surface area contributed by atoms with Crippen molar-refractivity contribution in [2.45, 2.75) is 0 Å². The Morgan fingerprint density at radius 3 is 1.64 bits per heavy atom. The number of thiazole rings is 1. The maximum absolute atomic E-state index is 5.05. The van der Waals surface area contributed by atoms with Crippen LogP contribution in [0, 0.1) is 0 Å². The van der Waals surface area contributed by atoms with Crippen molar-refractivity contribution in [2.75, 3.05) is 0 Å². The van der Waals surface area contributed by atoms with Crippen LogP contribution in [-0.2, 0) is 0 Å². The first kappa shape index (κ1) is 29.9. The quantitative estimate of drug-likeness (QED) is 0.176. The van der Waals surface area contributed by atoms with Gasteiger partial charge in [0, 0.05) is 32.8 Å². The monoisotopic (exact) mass is 693 g/mol. The van der Waals surface area contributed by atoms with E-state index in [1.807, 2.05) is 0 Å². The highest BCUT2D eigenvalue weighted by Crippen LogP contribution is 2.41. The lowest BCUT2D eigenvalue weighted by Crippen LogP contribution is -1.96. The van der Waals surface area contributed by atoms with Gasteiger partial charge in [-0.05, 0) is 101 Å². The normalized spacial score (nSPS) is 11.8. The van der Waals surface area contributed by atoms with E-state index >= 15 is 0 Å². The fourth-order valence-corrected chi connectivity index (χ4v) is 9.13. The summed E-state index contributed by atoms with van der Waals surface area (Å²) in [5, 5.41) is 6.02. The maximum Gasteiger partial charge on any atom is 0.126 e. The Morgan fingerprint density at radius 2 is 0.925 bits per heavy atom. The number of rotatable bonds is 5. The van der Waals surface area contributed by atoms with Crippen molar-refractivity contribution in [3.05, 3.63) is 188 Å². The molecule has 11 aromatic rings. The summed E-state index contributed by atoms with van der Waals surface area (Å²) in [4.78, 5) is 5.05. The van der Waals surface area contributed by atoms with Gasteiger partial charge in [-0.1, -0.05) is 109 Å². The highest BCUT2D eigenvalue weighted by atomic mass is 32.1. The predicted molar refractivity (Wildman–Crippen MR) is 225 cm³/mol. The topological polar surface area (TPSA) is 22.8 Å². The molecule has 4 heteroatoms. The Balaban J connectivity index is 1.04. The second kappa shape index (κ2) is 11.9. The summed E-state index contributed by atoms with van der Waals surface area (Å²) in [5.74, 6) is 0. The van der Waals surface area contributed by atoms with Crippen LogP contribution in [0.4, 0.5) is 0 Å². The van der Waals surface area contributed by atoms with E-state index in [2.05, 4.69) is 197 Å². The Kier molecular flexibility index (Phi) is 6.73. The second-order valence-corrected chi connectivity index (χ2v) is 14.6. The molecular weight excluding hydrogens is 663 g/mol. The molecule has 0 amide bonds. The van der Waals surface area contributed by atoms with Crippen molar-refractivity contribution in [1.82, 2.24) is 14.1 Å². The molecule has 0 aliphatic rings. The van der Waals surface area contributed by atoms with Crippen LogP contribution in [0.5, 0.6) is 0 Å². The van der Waals surface area contributed by atoms with Gasteiger partial charge in [0.2, 0.25) is 0 Å². The molecule has 0 unspecified atom stereocenters. The number of fused-ring (bicyclic) bond motifs is 7. The Morgan fingerprint density at radius 1 is 0.377 bits per heavy atom. The zero-order chi connectivity index (χ0) is 34.9. The molecule has 0 N–H and O–H groups in total. The number of aromatic nitrogens is 3. The lowest BCUT2D eigenvalue weighted by molar-refractivity contribution is 1.18. The van der Waals surface area contributed by atoms with Gasteiger partial charge in [0.25, 0.3) is 0 Å². The SMILES string of the molecule is c1ccc(-n2c3ccccc3c3cc(-c4cccc(-c5ccc6c(c5)c5ccccc5n6-c5ccccc5-c5nc6ccccc6s5)c4)ccc32)cc1. The molecule has 0 fully saturated rings. The molecule has 0 atom stereocenters. The van der Waals surface area contributed by atoms with Gasteiger partial charge in [0.15, 0.2) is 0 Å². The fraction of sp³-hybridized carbons (Fsp3) is 0. The molecule has 0 spiro atoms. The van der Waals surface area contributed by atoms with Crippen LogP contribution >= 0.6 is 11.3 Å². The molecule has 3 nitrogen and oxygen atoms in total. The molecule has 3 aromatic heterocycles. The maximum atomic E-state index is 5.05. The van der Waals surface area contributed by atoms with Crippen LogP contribution in [-0.4, -0.2) is 14.1 Å². The zero-order valence-electron chi connectivity index (χ0n) is 28.6. The number of hydrogen-bond acceptors (Lipinski definition) is 2. The van der Waals surface area contributed by atoms with Gasteiger partial charge in [-0.3, -0.25) is 0 Å². The van der Waals surface area contributed by atoms with Gasteiger partial charge in [0.05, 0.1) is 38.0 Å². The van der Waals surface area contributed by atoms with Crippen molar-refractivity contribution >= 4 is 65.2 Å². The lowest BCUT2D eigenvalue weighted by atomic mass is 9.97. The molecular formula is C49H31N3S. The summed E-state index contributed by atoms with van der Waals surface area (Å²) < 4.78 is 5.98. The molecule has 11 rings (SSSR count). The first-order valence-electron chi connectivity index (χ1n) is 18.0. The highest BCUT2D eigenvalue weighted by molar-refractivity contribution is 7.21. The first-order chi connectivity index (χ1) is 26.3. The van der Waals surface area contributed by atoms with E-state index in [0.717, 1.165) is 21.8 Å². The zero-order valence-corrected chi connectivity index (χ0v) is 29.5. The minimum Gasteiger partial charge on any atom is -0.309 e. The van der Waals surface area contributed by atoms with Gasteiger partial charge >= 0.3 is 0 Å². The van der Waals surface area contributed by atoms with Crippen LogP contribution in [0.3, 0.4) is 0 Å². The summed E-state index contributed by atoms with van der Waals surface area (Å²) in [5.41, 5.74) is 14.1. The largest absolute Gasteiger partial charge is 0.309 e. The number of benzene rings is 8. The lowest BCUT2D eigenvalue weighted by Gasteiger charge is -2.12. The molecule has 248 valence electrons. The third kappa shape index (κ3) is 4.77. The third-order valence-corrected chi connectivity index (χ3v) is 11.6. The van der Waals surface area contributed by atoms with Crippen molar-refractivity contribution in [3.63, 3.8) is 0 Å². The Labute approximate surface area is 310 Å². The number of hydrogen-bond donors (Lipinski definition) is 0. The molecule has 3 heterocycles. The van der Waals surface area contributed by atoms with Crippen molar-refractivity contribution in [1.29, 1.82) is 0 Å². The van der Waals surface area contributed by atoms with Crippen LogP contribution in [0.25, 0.3) is 98.0 Å². The van der Waals surface area contributed by atoms with Gasteiger partial charge < -0.3 is 9.13 Å². The molecule has 8 aromatic carbocycles. The molecule has 0 saturated heterocycles. The highest BCUT2D eigenvalue weighted by Gasteiger charge is 2.18. The minimum absolute atomic E-state index is 1.03. The van der Waals surface area contributed by atoms with Gasteiger partial charge in [-0.2, -0.15) is 0 Å². The average Bonchev–Trinajstić information content (AvgIpc) is 3.91. The molecule has 0 aliphatic carbocycles. The van der Waals surface area contributed by atoms with E-state index < -0.39 is 0 Å². The number of para-hydroxylation sites is 5. The summed E-state index contributed by atoms with van der Waals surface area (Å²) in [7, 11) is 0. The predicted octanol–water partition coefficient (Wildman–Crippen LogP) is 13.5. The molecule has 53 heavy (non-hydrogen) atoms. The van der Waals surface area contributed by atoms with Crippen molar-refractivity contribution in [3.8, 4) is 44.2 Å². The van der Waals surface area contributed by atoms with E-state index in [-0.39, 0.29) is 0 Å². The third-order valence-electron chi connectivity index (χ3n) is 10.6. The first-order valence-corrected chi connectivity index (χ1v) is 18.8. The van der Waals surface area contributed by atoms with Gasteiger partial charge in [0.1, 0.15) is 5.01 Å². The number of nitrogens with zero attached hydrogens (tertiary/aromatic N) is 3. The van der Waals surface area contributed by atoms with Crippen LogP contribution in [0.1, 0.15) is 0 Å². The Hall–Kier alpha value is -6.75. The minimum atomic E-state index is 1.03. The van der Waals surface area contributed by atoms with Crippen LogP contribution in [0.2, 0.25) is 0 Å². The van der Waals surface area contributed by atoms with E-state index in [1.165, 1.54) is 76.3 Å². The van der Waals surface area contributed by atoms with Crippen LogP contribution in [0.15, 0.2) is 188 Å².